The van der Waals surface area contributed by atoms with Crippen molar-refractivity contribution in [3.8, 4) is 33.9 Å². The van der Waals surface area contributed by atoms with Gasteiger partial charge in [-0.1, -0.05) is 37.1 Å². The number of rotatable bonds is 5. The molecule has 1 saturated carbocycles. The number of para-hydroxylation sites is 1. The quantitative estimate of drug-likeness (QED) is 0.242. The van der Waals surface area contributed by atoms with Gasteiger partial charge in [-0.3, -0.25) is 19.9 Å². The van der Waals surface area contributed by atoms with Crippen LogP contribution in [0.5, 0.6) is 0 Å². The maximum atomic E-state index is 13.9. The fourth-order valence-corrected chi connectivity index (χ4v) is 5.37. The number of halogens is 1. The lowest BCUT2D eigenvalue weighted by Crippen LogP contribution is -2.20. The summed E-state index contributed by atoms with van der Waals surface area (Å²) in [5.41, 5.74) is 6.69. The molecule has 1 aliphatic carbocycles. The summed E-state index contributed by atoms with van der Waals surface area (Å²) >= 11 is 0. The molecule has 4 aromatic heterocycles. The zero-order valence-electron chi connectivity index (χ0n) is 20.9. The summed E-state index contributed by atoms with van der Waals surface area (Å²) < 4.78 is 13.9. The summed E-state index contributed by atoms with van der Waals surface area (Å²) in [6.45, 7) is 0. The average molecular weight is 518 g/mol. The zero-order chi connectivity index (χ0) is 26.3. The Hall–Kier alpha value is -4.92. The smallest absolute Gasteiger partial charge is 0.227 e. The maximum Gasteiger partial charge on any atom is 0.227 e. The molecule has 4 heterocycles. The van der Waals surface area contributed by atoms with Crippen LogP contribution in [-0.2, 0) is 4.79 Å². The van der Waals surface area contributed by atoms with Crippen LogP contribution >= 0.6 is 0 Å². The second-order valence-corrected chi connectivity index (χ2v) is 9.92. The Kier molecular flexibility index (Phi) is 5.61. The minimum atomic E-state index is -0.296. The van der Waals surface area contributed by atoms with Gasteiger partial charge >= 0.3 is 0 Å². The third kappa shape index (κ3) is 4.31. The number of carbonyl (C=O) groups is 1. The van der Waals surface area contributed by atoms with Crippen LogP contribution in [0, 0.1) is 11.7 Å². The molecule has 39 heavy (non-hydrogen) atoms. The summed E-state index contributed by atoms with van der Waals surface area (Å²) in [6, 6.07) is 16.1. The predicted molar refractivity (Wildman–Crippen MR) is 148 cm³/mol. The van der Waals surface area contributed by atoms with E-state index in [2.05, 4.69) is 30.5 Å². The Morgan fingerprint density at radius 3 is 2.69 bits per heavy atom. The number of aromatic nitrogens is 6. The lowest BCUT2D eigenvalue weighted by atomic mass is 10.0. The van der Waals surface area contributed by atoms with E-state index in [0.29, 0.717) is 22.9 Å². The van der Waals surface area contributed by atoms with E-state index in [0.717, 1.165) is 64.3 Å². The summed E-state index contributed by atoms with van der Waals surface area (Å²) in [7, 11) is 0. The van der Waals surface area contributed by atoms with E-state index < -0.39 is 0 Å². The van der Waals surface area contributed by atoms with Crippen molar-refractivity contribution in [2.75, 3.05) is 5.32 Å². The molecule has 3 N–H and O–H groups in total. The second kappa shape index (κ2) is 9.43. The summed E-state index contributed by atoms with van der Waals surface area (Å²) in [5.74, 6) is 0.416. The highest BCUT2D eigenvalue weighted by molar-refractivity contribution is 5.98. The molecule has 7 rings (SSSR count). The highest BCUT2D eigenvalue weighted by Crippen LogP contribution is 2.33. The van der Waals surface area contributed by atoms with E-state index in [-0.39, 0.29) is 17.6 Å². The van der Waals surface area contributed by atoms with Crippen molar-refractivity contribution in [3.63, 3.8) is 0 Å². The van der Waals surface area contributed by atoms with Crippen LogP contribution in [0.25, 0.3) is 55.8 Å². The van der Waals surface area contributed by atoms with Crippen LogP contribution in [0.4, 0.5) is 10.1 Å². The van der Waals surface area contributed by atoms with Gasteiger partial charge in [-0.05, 0) is 48.7 Å². The number of H-pyrrole nitrogens is 2. The normalized spacial score (nSPS) is 13.9. The minimum absolute atomic E-state index is 0.0504. The molecule has 0 saturated heterocycles. The Morgan fingerprint density at radius 2 is 1.82 bits per heavy atom. The van der Waals surface area contributed by atoms with Gasteiger partial charge in [-0.25, -0.2) is 9.37 Å². The highest BCUT2D eigenvalue weighted by Gasteiger charge is 2.23. The highest BCUT2D eigenvalue weighted by atomic mass is 19.1. The lowest BCUT2D eigenvalue weighted by Gasteiger charge is -2.11. The fourth-order valence-electron chi connectivity index (χ4n) is 5.37. The molecule has 1 aliphatic rings. The van der Waals surface area contributed by atoms with E-state index in [1.807, 2.05) is 36.4 Å². The molecule has 0 aliphatic heterocycles. The first-order chi connectivity index (χ1) is 19.1. The molecule has 192 valence electrons. The molecule has 1 amide bonds. The molecule has 8 nitrogen and oxygen atoms in total. The largest absolute Gasteiger partial charge is 0.337 e. The minimum Gasteiger partial charge on any atom is -0.337 e. The number of nitrogens with one attached hydrogen (secondary N) is 3. The van der Waals surface area contributed by atoms with Crippen molar-refractivity contribution in [1.29, 1.82) is 0 Å². The van der Waals surface area contributed by atoms with Gasteiger partial charge in [0.25, 0.3) is 0 Å². The first kappa shape index (κ1) is 23.2. The van der Waals surface area contributed by atoms with Crippen molar-refractivity contribution < 1.29 is 9.18 Å². The molecular formula is C30H24FN7O. The van der Waals surface area contributed by atoms with E-state index in [1.54, 1.807) is 24.7 Å². The molecule has 0 unspecified atom stereocenters. The van der Waals surface area contributed by atoms with Crippen molar-refractivity contribution in [3.05, 3.63) is 79.0 Å². The Labute approximate surface area is 222 Å². The number of amides is 1. The van der Waals surface area contributed by atoms with E-state index in [9.17, 15) is 9.18 Å². The topological polar surface area (TPSA) is 112 Å². The van der Waals surface area contributed by atoms with Crippen molar-refractivity contribution in [1.82, 2.24) is 30.1 Å². The van der Waals surface area contributed by atoms with Crippen LogP contribution in [0.2, 0.25) is 0 Å². The monoisotopic (exact) mass is 517 g/mol. The number of pyridine rings is 2. The number of aromatic amines is 2. The summed E-state index contributed by atoms with van der Waals surface area (Å²) in [4.78, 5) is 29.8. The fraction of sp³-hybridized carbons (Fsp3) is 0.167. The van der Waals surface area contributed by atoms with Gasteiger partial charge in [0.1, 0.15) is 11.5 Å². The van der Waals surface area contributed by atoms with E-state index in [1.165, 1.54) is 12.1 Å². The SMILES string of the molecule is O=C(Nc1cncc(-c2cc3c(-c4nc5c(-c6cccc(F)c6)cccc5[nH]4)n[nH]c3cn2)c1)C1CCCC1. The van der Waals surface area contributed by atoms with Gasteiger partial charge < -0.3 is 10.3 Å². The number of anilines is 1. The van der Waals surface area contributed by atoms with Crippen LogP contribution in [0.15, 0.2) is 73.2 Å². The van der Waals surface area contributed by atoms with Gasteiger partial charge in [0.15, 0.2) is 5.82 Å². The van der Waals surface area contributed by atoms with Crippen LogP contribution in [-0.4, -0.2) is 36.0 Å². The van der Waals surface area contributed by atoms with Gasteiger partial charge in [0, 0.05) is 28.6 Å². The van der Waals surface area contributed by atoms with E-state index in [4.69, 9.17) is 4.98 Å². The number of benzene rings is 2. The molecule has 1 fully saturated rings. The van der Waals surface area contributed by atoms with Crippen LogP contribution in [0.1, 0.15) is 25.7 Å². The number of fused-ring (bicyclic) bond motifs is 2. The first-order valence-corrected chi connectivity index (χ1v) is 13.0. The first-order valence-electron chi connectivity index (χ1n) is 13.0. The molecule has 6 aromatic rings. The zero-order valence-corrected chi connectivity index (χ0v) is 20.9. The molecule has 0 radical (unpaired) electrons. The van der Waals surface area contributed by atoms with Crippen LogP contribution in [0.3, 0.4) is 0 Å². The Balaban J connectivity index is 1.25. The van der Waals surface area contributed by atoms with Gasteiger partial charge in [0.2, 0.25) is 5.91 Å². The van der Waals surface area contributed by atoms with Crippen molar-refractivity contribution in [2.24, 2.45) is 5.92 Å². The summed E-state index contributed by atoms with van der Waals surface area (Å²) in [5, 5.41) is 11.4. The van der Waals surface area contributed by atoms with Gasteiger partial charge in [-0.15, -0.1) is 0 Å². The van der Waals surface area contributed by atoms with Crippen LogP contribution < -0.4 is 5.32 Å². The second-order valence-electron chi connectivity index (χ2n) is 9.92. The van der Waals surface area contributed by atoms with Gasteiger partial charge in [0.05, 0.1) is 40.3 Å². The number of hydrogen-bond donors (Lipinski definition) is 3. The third-order valence-corrected chi connectivity index (χ3v) is 7.35. The number of carbonyl (C=O) groups excluding carboxylic acids is 1. The molecule has 0 spiro atoms. The lowest BCUT2D eigenvalue weighted by molar-refractivity contribution is -0.119. The Morgan fingerprint density at radius 1 is 0.949 bits per heavy atom. The number of imidazole rings is 1. The van der Waals surface area contributed by atoms with Gasteiger partial charge in [-0.2, -0.15) is 5.10 Å². The molecular weight excluding hydrogens is 493 g/mol. The number of nitrogens with zero attached hydrogens (tertiary/aromatic N) is 4. The Bertz CT molecular complexity index is 1850. The average Bonchev–Trinajstić information content (AvgIpc) is 3.72. The molecule has 2 aromatic carbocycles. The number of hydrogen-bond acceptors (Lipinski definition) is 5. The third-order valence-electron chi connectivity index (χ3n) is 7.35. The van der Waals surface area contributed by atoms with Crippen molar-refractivity contribution in [2.45, 2.75) is 25.7 Å². The molecule has 0 atom stereocenters. The molecule has 0 bridgehead atoms. The predicted octanol–water partition coefficient (Wildman–Crippen LogP) is 6.50. The van der Waals surface area contributed by atoms with Crippen molar-refractivity contribution >= 4 is 33.5 Å². The standard InChI is InChI=1S/C30H24FN7O/c31-20-8-3-7-18(11-20)22-9-4-10-24-27(22)36-29(35-24)28-23-13-25(33-16-26(23)37-38-28)19-12-21(15-32-14-19)34-30(39)17-5-1-2-6-17/h3-4,7-17H,1-2,5-6H2,(H,34,39)(H,35,36)(H,37,38). The summed E-state index contributed by atoms with van der Waals surface area (Å²) in [6.07, 6.45) is 9.19. The maximum absolute atomic E-state index is 13.9. The molecule has 9 heteroatoms. The van der Waals surface area contributed by atoms with E-state index >= 15 is 0 Å².